The molecule has 0 N–H and O–H groups in total. The Balaban J connectivity index is 2.44. The fourth-order valence-electron chi connectivity index (χ4n) is 1.53. The van der Waals surface area contributed by atoms with Gasteiger partial charge in [-0.25, -0.2) is 8.78 Å². The third-order valence-electron chi connectivity index (χ3n) is 2.36. The maximum atomic E-state index is 13.5. The predicted molar refractivity (Wildman–Crippen MR) is 60.5 cm³/mol. The fourth-order valence-corrected chi connectivity index (χ4v) is 1.88. The molecule has 2 aromatic carbocycles. The summed E-state index contributed by atoms with van der Waals surface area (Å²) in [6, 6.07) is 12.2. The molecule has 0 saturated carbocycles. The van der Waals surface area contributed by atoms with Crippen molar-refractivity contribution in [3.05, 3.63) is 71.3 Å². The van der Waals surface area contributed by atoms with E-state index in [4.69, 9.17) is 11.6 Å². The van der Waals surface area contributed by atoms with Crippen molar-refractivity contribution >= 4 is 11.6 Å². The van der Waals surface area contributed by atoms with E-state index >= 15 is 0 Å². The topological polar surface area (TPSA) is 0 Å². The van der Waals surface area contributed by atoms with Crippen molar-refractivity contribution in [1.82, 2.24) is 0 Å². The van der Waals surface area contributed by atoms with Crippen LogP contribution in [-0.4, -0.2) is 0 Å². The normalized spacial score (nSPS) is 10.8. The molecule has 0 aliphatic carbocycles. The number of hydrogen-bond acceptors (Lipinski definition) is 0. The van der Waals surface area contributed by atoms with Crippen LogP contribution >= 0.6 is 11.6 Å². The molecule has 0 radical (unpaired) electrons. The van der Waals surface area contributed by atoms with Gasteiger partial charge in [-0.05, 0) is 12.1 Å². The van der Waals surface area contributed by atoms with Gasteiger partial charge in [0.25, 0.3) is 0 Å². The van der Waals surface area contributed by atoms with E-state index in [1.807, 2.05) is 0 Å². The van der Waals surface area contributed by atoms with Crippen LogP contribution in [-0.2, 0) is 0 Å². The maximum Gasteiger partial charge on any atom is 0.128 e. The molecule has 2 aromatic rings. The molecule has 0 aromatic heterocycles. The molecule has 2 rings (SSSR count). The van der Waals surface area contributed by atoms with Gasteiger partial charge in [0.2, 0.25) is 0 Å². The van der Waals surface area contributed by atoms with Gasteiger partial charge in [-0.2, -0.15) is 0 Å². The molecule has 0 amide bonds. The van der Waals surface area contributed by atoms with E-state index in [-0.39, 0.29) is 11.1 Å². The summed E-state index contributed by atoms with van der Waals surface area (Å²) in [5.74, 6) is -0.850. The van der Waals surface area contributed by atoms with Crippen molar-refractivity contribution in [3.63, 3.8) is 0 Å². The molecule has 16 heavy (non-hydrogen) atoms. The Morgan fingerprint density at radius 2 is 1.12 bits per heavy atom. The van der Waals surface area contributed by atoms with Crippen LogP contribution in [0.3, 0.4) is 0 Å². The van der Waals surface area contributed by atoms with Crippen LogP contribution in [0.5, 0.6) is 0 Å². The molecule has 3 heteroatoms. The predicted octanol–water partition coefficient (Wildman–Crippen LogP) is 4.29. The first-order chi connectivity index (χ1) is 7.70. The minimum absolute atomic E-state index is 0.286. The van der Waals surface area contributed by atoms with Crippen LogP contribution in [0, 0.1) is 11.6 Å². The molecule has 0 spiro atoms. The van der Waals surface area contributed by atoms with E-state index in [1.54, 1.807) is 36.4 Å². The summed E-state index contributed by atoms with van der Waals surface area (Å²) in [5, 5.41) is -0.803. The molecule has 0 saturated heterocycles. The molecule has 0 aliphatic heterocycles. The Kier molecular flexibility index (Phi) is 3.20. The fraction of sp³-hybridized carbons (Fsp3) is 0.0769. The summed E-state index contributed by atoms with van der Waals surface area (Å²) in [6.07, 6.45) is 0. The Bertz CT molecular complexity index is 451. The van der Waals surface area contributed by atoms with Crippen LogP contribution in [0.4, 0.5) is 8.78 Å². The minimum Gasteiger partial charge on any atom is -0.207 e. The van der Waals surface area contributed by atoms with E-state index in [2.05, 4.69) is 0 Å². The van der Waals surface area contributed by atoms with Crippen LogP contribution in [0.25, 0.3) is 0 Å². The van der Waals surface area contributed by atoms with Gasteiger partial charge in [0, 0.05) is 11.1 Å². The molecule has 0 nitrogen and oxygen atoms in total. The standard InChI is InChI=1S/C13H9ClF2/c14-13(9-5-1-3-7-11(9)15)10-6-2-4-8-12(10)16/h1-8,13H. The van der Waals surface area contributed by atoms with Gasteiger partial charge >= 0.3 is 0 Å². The molecule has 0 heterocycles. The van der Waals surface area contributed by atoms with Crippen LogP contribution < -0.4 is 0 Å². The number of halogens is 3. The third-order valence-corrected chi connectivity index (χ3v) is 2.83. The van der Waals surface area contributed by atoms with Gasteiger partial charge in [0.15, 0.2) is 0 Å². The molecule has 0 aliphatic rings. The summed E-state index contributed by atoms with van der Waals surface area (Å²) >= 11 is 6.06. The lowest BCUT2D eigenvalue weighted by Crippen LogP contribution is -1.99. The molecule has 0 atom stereocenters. The molecular formula is C13H9ClF2. The Morgan fingerprint density at radius 3 is 1.50 bits per heavy atom. The van der Waals surface area contributed by atoms with E-state index in [0.717, 1.165) is 0 Å². The molecule has 0 bridgehead atoms. The average Bonchev–Trinajstić information content (AvgIpc) is 2.29. The van der Waals surface area contributed by atoms with E-state index in [0.29, 0.717) is 0 Å². The summed E-state index contributed by atoms with van der Waals surface area (Å²) in [4.78, 5) is 0. The van der Waals surface area contributed by atoms with Gasteiger partial charge in [-0.3, -0.25) is 0 Å². The highest BCUT2D eigenvalue weighted by Gasteiger charge is 2.17. The van der Waals surface area contributed by atoms with Crippen molar-refractivity contribution in [2.75, 3.05) is 0 Å². The maximum absolute atomic E-state index is 13.5. The summed E-state index contributed by atoms with van der Waals surface area (Å²) in [7, 11) is 0. The Labute approximate surface area is 97.5 Å². The van der Waals surface area contributed by atoms with E-state index in [9.17, 15) is 8.78 Å². The number of alkyl halides is 1. The summed E-state index contributed by atoms with van der Waals surface area (Å²) in [6.45, 7) is 0. The lowest BCUT2D eigenvalue weighted by Gasteiger charge is -2.11. The molecule has 0 fully saturated rings. The van der Waals surface area contributed by atoms with Crippen LogP contribution in [0.1, 0.15) is 16.5 Å². The minimum atomic E-state index is -0.803. The highest BCUT2D eigenvalue weighted by atomic mass is 35.5. The lowest BCUT2D eigenvalue weighted by molar-refractivity contribution is 0.596. The van der Waals surface area contributed by atoms with Gasteiger partial charge in [-0.15, -0.1) is 11.6 Å². The first-order valence-corrected chi connectivity index (χ1v) is 5.26. The quantitative estimate of drug-likeness (QED) is 0.685. The second-order valence-corrected chi connectivity index (χ2v) is 3.84. The average molecular weight is 239 g/mol. The van der Waals surface area contributed by atoms with Crippen molar-refractivity contribution in [1.29, 1.82) is 0 Å². The van der Waals surface area contributed by atoms with Gasteiger partial charge in [0.1, 0.15) is 11.6 Å². The zero-order chi connectivity index (χ0) is 11.5. The molecular weight excluding hydrogens is 230 g/mol. The highest BCUT2D eigenvalue weighted by Crippen LogP contribution is 2.31. The third kappa shape index (κ3) is 2.07. The Morgan fingerprint density at radius 1 is 0.750 bits per heavy atom. The number of rotatable bonds is 2. The van der Waals surface area contributed by atoms with Crippen molar-refractivity contribution in [2.24, 2.45) is 0 Å². The molecule has 82 valence electrons. The molecule has 0 unspecified atom stereocenters. The second kappa shape index (κ2) is 4.62. The van der Waals surface area contributed by atoms with Crippen LogP contribution in [0.2, 0.25) is 0 Å². The SMILES string of the molecule is Fc1ccccc1C(Cl)c1ccccc1F. The zero-order valence-electron chi connectivity index (χ0n) is 8.33. The smallest absolute Gasteiger partial charge is 0.128 e. The van der Waals surface area contributed by atoms with Crippen molar-refractivity contribution in [2.45, 2.75) is 5.38 Å². The van der Waals surface area contributed by atoms with Crippen LogP contribution in [0.15, 0.2) is 48.5 Å². The van der Waals surface area contributed by atoms with E-state index in [1.165, 1.54) is 12.1 Å². The highest BCUT2D eigenvalue weighted by molar-refractivity contribution is 6.22. The van der Waals surface area contributed by atoms with E-state index < -0.39 is 17.0 Å². The largest absolute Gasteiger partial charge is 0.207 e. The summed E-state index contributed by atoms with van der Waals surface area (Å²) < 4.78 is 26.9. The van der Waals surface area contributed by atoms with Gasteiger partial charge in [0.05, 0.1) is 5.38 Å². The number of hydrogen-bond donors (Lipinski definition) is 0. The monoisotopic (exact) mass is 238 g/mol. The number of benzene rings is 2. The first-order valence-electron chi connectivity index (χ1n) is 4.83. The zero-order valence-corrected chi connectivity index (χ0v) is 9.09. The lowest BCUT2D eigenvalue weighted by atomic mass is 10.0. The summed E-state index contributed by atoms with van der Waals surface area (Å²) in [5.41, 5.74) is 0.573. The van der Waals surface area contributed by atoms with Crippen molar-refractivity contribution in [3.8, 4) is 0 Å². The van der Waals surface area contributed by atoms with Gasteiger partial charge < -0.3 is 0 Å². The first kappa shape index (κ1) is 11.1. The van der Waals surface area contributed by atoms with Gasteiger partial charge in [-0.1, -0.05) is 36.4 Å². The Hall–Kier alpha value is -1.41. The second-order valence-electron chi connectivity index (χ2n) is 3.41. The van der Waals surface area contributed by atoms with Crippen molar-refractivity contribution < 1.29 is 8.78 Å².